The Morgan fingerprint density at radius 3 is 2.59 bits per heavy atom. The number of ether oxygens (including phenoxy) is 1. The van der Waals surface area contributed by atoms with Crippen LogP contribution in [0.15, 0.2) is 72.9 Å². The molecule has 0 radical (unpaired) electrons. The van der Waals surface area contributed by atoms with E-state index in [4.69, 9.17) is 10.5 Å². The number of nitrogens with two attached hydrogens (primary N) is 1. The monoisotopic (exact) mass is 510 g/mol. The normalized spacial score (nSPS) is 11.4. The van der Waals surface area contributed by atoms with Gasteiger partial charge in [0, 0.05) is 24.7 Å². The van der Waals surface area contributed by atoms with Gasteiger partial charge in [-0.2, -0.15) is 13.2 Å². The van der Waals surface area contributed by atoms with Gasteiger partial charge in [0.25, 0.3) is 5.91 Å². The van der Waals surface area contributed by atoms with Crippen LogP contribution in [0.4, 0.5) is 13.2 Å². The van der Waals surface area contributed by atoms with Crippen LogP contribution < -0.4 is 15.8 Å². The van der Waals surface area contributed by atoms with Gasteiger partial charge in [-0.25, -0.2) is 9.67 Å². The lowest BCUT2D eigenvalue weighted by molar-refractivity contribution is -0.141. The van der Waals surface area contributed by atoms with Crippen molar-refractivity contribution in [2.75, 3.05) is 6.54 Å². The Morgan fingerprint density at radius 2 is 1.84 bits per heavy atom. The van der Waals surface area contributed by atoms with E-state index in [0.29, 0.717) is 12.1 Å². The minimum absolute atomic E-state index is 0.101. The molecule has 37 heavy (non-hydrogen) atoms. The number of amides is 1. The van der Waals surface area contributed by atoms with Crippen molar-refractivity contribution in [1.82, 2.24) is 25.3 Å². The van der Waals surface area contributed by atoms with Crippen molar-refractivity contribution in [3.05, 3.63) is 95.4 Å². The van der Waals surface area contributed by atoms with Gasteiger partial charge in [-0.05, 0) is 61.2 Å². The lowest BCUT2D eigenvalue weighted by atomic mass is 10.2. The third kappa shape index (κ3) is 7.14. The van der Waals surface area contributed by atoms with Crippen LogP contribution in [0.1, 0.15) is 40.2 Å². The fourth-order valence-electron chi connectivity index (χ4n) is 3.55. The second-order valence-electron chi connectivity index (χ2n) is 8.23. The maximum Gasteiger partial charge on any atom is 0.433 e. The summed E-state index contributed by atoms with van der Waals surface area (Å²) in [7, 11) is 0. The molecule has 11 heteroatoms. The predicted molar refractivity (Wildman–Crippen MR) is 130 cm³/mol. The van der Waals surface area contributed by atoms with Crippen molar-refractivity contribution in [2.24, 2.45) is 5.73 Å². The summed E-state index contributed by atoms with van der Waals surface area (Å²) in [6, 6.07) is 18.1. The van der Waals surface area contributed by atoms with Crippen molar-refractivity contribution < 1.29 is 22.7 Å². The van der Waals surface area contributed by atoms with Gasteiger partial charge in [0.2, 0.25) is 5.88 Å². The fourth-order valence-corrected chi connectivity index (χ4v) is 3.55. The summed E-state index contributed by atoms with van der Waals surface area (Å²) in [5, 5.41) is 11.2. The minimum Gasteiger partial charge on any atom is -0.439 e. The SMILES string of the molecule is NCc1cc(Oc2cccc(C(=O)NCCCCc3cn(-c4ccccc4)nn3)c2)nc(C(F)(F)F)c1. The smallest absolute Gasteiger partial charge is 0.433 e. The first-order valence-electron chi connectivity index (χ1n) is 11.6. The molecule has 0 atom stereocenters. The summed E-state index contributed by atoms with van der Waals surface area (Å²) >= 11 is 0. The summed E-state index contributed by atoms with van der Waals surface area (Å²) < 4.78 is 46.6. The van der Waals surface area contributed by atoms with Crippen molar-refractivity contribution >= 4 is 5.91 Å². The highest BCUT2D eigenvalue weighted by Crippen LogP contribution is 2.31. The quantitative estimate of drug-likeness (QED) is 0.300. The number of pyridine rings is 1. The molecule has 0 fully saturated rings. The van der Waals surface area contributed by atoms with Crippen LogP contribution >= 0.6 is 0 Å². The summed E-state index contributed by atoms with van der Waals surface area (Å²) in [5.74, 6) is -0.388. The molecule has 3 N–H and O–H groups in total. The van der Waals surface area contributed by atoms with Gasteiger partial charge in [-0.15, -0.1) is 5.10 Å². The number of carbonyl (C=O) groups is 1. The van der Waals surface area contributed by atoms with Gasteiger partial charge in [0.15, 0.2) is 0 Å². The molecule has 4 aromatic rings. The summed E-state index contributed by atoms with van der Waals surface area (Å²) in [6.45, 7) is 0.349. The molecular formula is C26H25F3N6O2. The molecule has 8 nitrogen and oxygen atoms in total. The Kier molecular flexibility index (Phi) is 8.14. The van der Waals surface area contributed by atoms with E-state index in [-0.39, 0.29) is 29.6 Å². The largest absolute Gasteiger partial charge is 0.439 e. The zero-order valence-electron chi connectivity index (χ0n) is 19.8. The maximum absolute atomic E-state index is 13.1. The van der Waals surface area contributed by atoms with E-state index in [2.05, 4.69) is 20.6 Å². The van der Waals surface area contributed by atoms with Crippen LogP contribution in [0, 0.1) is 0 Å². The van der Waals surface area contributed by atoms with Crippen LogP contribution in [-0.4, -0.2) is 32.4 Å². The van der Waals surface area contributed by atoms with Crippen LogP contribution in [0.5, 0.6) is 11.6 Å². The highest BCUT2D eigenvalue weighted by molar-refractivity contribution is 5.94. The molecule has 0 aliphatic carbocycles. The van der Waals surface area contributed by atoms with E-state index in [9.17, 15) is 18.0 Å². The minimum atomic E-state index is -4.64. The second kappa shape index (κ2) is 11.7. The molecule has 2 aromatic carbocycles. The molecule has 0 aliphatic rings. The highest BCUT2D eigenvalue weighted by Gasteiger charge is 2.33. The molecule has 0 saturated heterocycles. The van der Waals surface area contributed by atoms with Crippen molar-refractivity contribution in [1.29, 1.82) is 0 Å². The molecule has 2 heterocycles. The number of para-hydroxylation sites is 1. The van der Waals surface area contributed by atoms with Crippen LogP contribution in [-0.2, 0) is 19.1 Å². The number of hydrogen-bond acceptors (Lipinski definition) is 6. The first-order chi connectivity index (χ1) is 17.8. The molecule has 0 aliphatic heterocycles. The van der Waals surface area contributed by atoms with Crippen LogP contribution in [0.2, 0.25) is 0 Å². The van der Waals surface area contributed by atoms with Crippen LogP contribution in [0.25, 0.3) is 5.69 Å². The average Bonchev–Trinajstić information content (AvgIpc) is 3.37. The van der Waals surface area contributed by atoms with Gasteiger partial charge in [0.1, 0.15) is 11.4 Å². The molecule has 0 saturated carbocycles. The number of carbonyl (C=O) groups excluding carboxylic acids is 1. The van der Waals surface area contributed by atoms with E-state index in [1.54, 1.807) is 16.8 Å². The standard InChI is InChI=1S/C26H25F3N6O2/c27-26(28,29)23-13-18(16-30)14-24(32-23)37-22-11-6-7-19(15-22)25(36)31-12-5-4-8-20-17-35(34-33-20)21-9-2-1-3-10-21/h1-3,6-7,9-11,13-15,17H,4-5,8,12,16,30H2,(H,31,36). The van der Waals surface area contributed by atoms with Crippen molar-refractivity contribution in [2.45, 2.75) is 32.0 Å². The summed E-state index contributed by atoms with van der Waals surface area (Å²) in [4.78, 5) is 16.1. The van der Waals surface area contributed by atoms with Gasteiger partial charge < -0.3 is 15.8 Å². The molecule has 0 bridgehead atoms. The molecule has 1 amide bonds. The number of rotatable bonds is 10. The van der Waals surface area contributed by atoms with E-state index in [1.807, 2.05) is 36.5 Å². The van der Waals surface area contributed by atoms with E-state index < -0.39 is 11.9 Å². The number of benzene rings is 2. The lowest BCUT2D eigenvalue weighted by Gasteiger charge is -2.12. The number of unbranched alkanes of at least 4 members (excludes halogenated alkanes) is 1. The number of halogens is 3. The summed E-state index contributed by atoms with van der Waals surface area (Å²) in [6.07, 6.45) is -0.489. The number of hydrogen-bond donors (Lipinski definition) is 2. The predicted octanol–water partition coefficient (Wildman–Crippen LogP) is 4.68. The van der Waals surface area contributed by atoms with Crippen molar-refractivity contribution in [3.8, 4) is 17.3 Å². The van der Waals surface area contributed by atoms with Crippen LogP contribution in [0.3, 0.4) is 0 Å². The Bertz CT molecular complexity index is 1340. The Hall–Kier alpha value is -4.25. The topological polar surface area (TPSA) is 108 Å². The van der Waals surface area contributed by atoms with Gasteiger partial charge in [0.05, 0.1) is 17.6 Å². The first kappa shape index (κ1) is 25.8. The number of nitrogens with zero attached hydrogens (tertiary/aromatic N) is 4. The molecule has 2 aromatic heterocycles. The third-order valence-electron chi connectivity index (χ3n) is 5.41. The zero-order chi connectivity index (χ0) is 26.3. The number of aromatic nitrogens is 4. The number of nitrogens with one attached hydrogen (secondary N) is 1. The van der Waals surface area contributed by atoms with Gasteiger partial charge in [-0.3, -0.25) is 4.79 Å². The Labute approximate surface area is 211 Å². The lowest BCUT2D eigenvalue weighted by Crippen LogP contribution is -2.24. The average molecular weight is 511 g/mol. The second-order valence-corrected chi connectivity index (χ2v) is 8.23. The molecule has 192 valence electrons. The van der Waals surface area contributed by atoms with Gasteiger partial charge in [-0.1, -0.05) is 29.5 Å². The highest BCUT2D eigenvalue weighted by atomic mass is 19.4. The molecule has 0 unspecified atom stereocenters. The first-order valence-corrected chi connectivity index (χ1v) is 11.6. The molecular weight excluding hydrogens is 485 g/mol. The van der Waals surface area contributed by atoms with E-state index in [1.165, 1.54) is 18.2 Å². The van der Waals surface area contributed by atoms with E-state index >= 15 is 0 Å². The Morgan fingerprint density at radius 1 is 1.03 bits per heavy atom. The van der Waals surface area contributed by atoms with E-state index in [0.717, 1.165) is 36.7 Å². The third-order valence-corrected chi connectivity index (χ3v) is 5.41. The van der Waals surface area contributed by atoms with Crippen molar-refractivity contribution in [3.63, 3.8) is 0 Å². The van der Waals surface area contributed by atoms with Gasteiger partial charge >= 0.3 is 6.18 Å². The number of aryl methyl sites for hydroxylation is 1. The number of alkyl halides is 3. The zero-order valence-corrected chi connectivity index (χ0v) is 19.8. The fraction of sp³-hybridized carbons (Fsp3) is 0.231. The Balaban J connectivity index is 1.28. The molecule has 0 spiro atoms. The maximum atomic E-state index is 13.1. The molecule has 4 rings (SSSR count). The summed E-state index contributed by atoms with van der Waals surface area (Å²) in [5.41, 5.74) is 6.75.